The van der Waals surface area contributed by atoms with Crippen LogP contribution in [0.4, 0.5) is 11.1 Å². The quantitative estimate of drug-likeness (QED) is 0.540. The molecule has 0 aliphatic heterocycles. The first-order valence-corrected chi connectivity index (χ1v) is 8.80. The molecule has 4 aromatic rings. The molecule has 0 amide bonds. The number of H-pyrrole nitrogens is 1. The Bertz CT molecular complexity index is 1020. The second-order valence-electron chi connectivity index (χ2n) is 5.84. The van der Waals surface area contributed by atoms with Gasteiger partial charge >= 0.3 is 0 Å². The first-order valence-electron chi connectivity index (χ1n) is 7.98. The Morgan fingerprint density at radius 2 is 1.92 bits per heavy atom. The molecule has 0 atom stereocenters. The molecule has 2 N–H and O–H groups in total. The number of hydrogen-bond donors (Lipinski definition) is 2. The van der Waals surface area contributed by atoms with Gasteiger partial charge in [0.25, 0.3) is 0 Å². The summed E-state index contributed by atoms with van der Waals surface area (Å²) in [6.07, 6.45) is 0. The number of aromatic amines is 1. The summed E-state index contributed by atoms with van der Waals surface area (Å²) in [7, 11) is 1.69. The number of fused-ring (bicyclic) bond motifs is 1. The molecule has 2 aromatic carbocycles. The van der Waals surface area contributed by atoms with Crippen molar-refractivity contribution in [2.24, 2.45) is 0 Å². The van der Waals surface area contributed by atoms with Crippen LogP contribution in [-0.4, -0.2) is 22.1 Å². The monoisotopic (exact) mass is 350 g/mol. The van der Waals surface area contributed by atoms with Crippen LogP contribution in [0.25, 0.3) is 22.3 Å². The highest BCUT2D eigenvalue weighted by Crippen LogP contribution is 2.33. The van der Waals surface area contributed by atoms with Gasteiger partial charge in [-0.2, -0.15) is 0 Å². The van der Waals surface area contributed by atoms with E-state index in [1.165, 1.54) is 0 Å². The number of anilines is 2. The molecule has 0 bridgehead atoms. The molecule has 0 aliphatic carbocycles. The van der Waals surface area contributed by atoms with Gasteiger partial charge in [-0.3, -0.25) is 0 Å². The Morgan fingerprint density at radius 1 is 1.08 bits per heavy atom. The lowest BCUT2D eigenvalue weighted by Gasteiger charge is -2.06. The van der Waals surface area contributed by atoms with Gasteiger partial charge in [-0.25, -0.2) is 9.97 Å². The highest BCUT2D eigenvalue weighted by atomic mass is 32.1. The minimum Gasteiger partial charge on any atom is -0.496 e. The fraction of sp³-hybridized carbons (Fsp3) is 0.158. The van der Waals surface area contributed by atoms with Crippen molar-refractivity contribution in [3.05, 3.63) is 52.9 Å². The molecule has 2 heterocycles. The van der Waals surface area contributed by atoms with Gasteiger partial charge in [0.2, 0.25) is 5.95 Å². The van der Waals surface area contributed by atoms with Crippen molar-refractivity contribution < 1.29 is 4.74 Å². The molecule has 0 radical (unpaired) electrons. The third-order valence-corrected chi connectivity index (χ3v) is 4.97. The first-order chi connectivity index (χ1) is 12.1. The maximum absolute atomic E-state index is 5.34. The molecular weight excluding hydrogens is 332 g/mol. The molecule has 126 valence electrons. The maximum atomic E-state index is 5.34. The van der Waals surface area contributed by atoms with Gasteiger partial charge in [0.05, 0.1) is 23.8 Å². The Labute approximate surface area is 149 Å². The number of benzene rings is 2. The van der Waals surface area contributed by atoms with Crippen molar-refractivity contribution in [1.82, 2.24) is 15.0 Å². The predicted octanol–water partition coefficient (Wildman–Crippen LogP) is 5.06. The van der Waals surface area contributed by atoms with E-state index in [-0.39, 0.29) is 0 Å². The van der Waals surface area contributed by atoms with Crippen LogP contribution in [0.15, 0.2) is 42.5 Å². The first kappa shape index (κ1) is 15.7. The van der Waals surface area contributed by atoms with Gasteiger partial charge in [0.1, 0.15) is 5.75 Å². The number of para-hydroxylation sites is 2. The number of thiazole rings is 1. The molecule has 0 saturated heterocycles. The van der Waals surface area contributed by atoms with Gasteiger partial charge < -0.3 is 15.0 Å². The molecule has 5 nitrogen and oxygen atoms in total. The lowest BCUT2D eigenvalue weighted by molar-refractivity contribution is 0.412. The van der Waals surface area contributed by atoms with Crippen LogP contribution in [0.3, 0.4) is 0 Å². The Kier molecular flexibility index (Phi) is 3.89. The third-order valence-electron chi connectivity index (χ3n) is 4.08. The standard InChI is InChI=1S/C19H18N4OS/c1-11-10-13(8-9-16(11)24-3)17-12(2)25-19(22-17)23-18-20-14-6-4-5-7-15(14)21-18/h4-10H,1-3H3,(H2,20,21,22,23). The fourth-order valence-electron chi connectivity index (χ4n) is 2.86. The van der Waals surface area contributed by atoms with Crippen LogP contribution >= 0.6 is 11.3 Å². The smallest absolute Gasteiger partial charge is 0.207 e. The van der Waals surface area contributed by atoms with Crippen LogP contribution in [0.2, 0.25) is 0 Å². The number of nitrogens with one attached hydrogen (secondary N) is 2. The molecule has 0 aliphatic rings. The minimum atomic E-state index is 0.701. The summed E-state index contributed by atoms with van der Waals surface area (Å²) < 4.78 is 5.34. The fourth-order valence-corrected chi connectivity index (χ4v) is 3.69. The van der Waals surface area contributed by atoms with Gasteiger partial charge in [-0.15, -0.1) is 11.3 Å². The molecule has 0 saturated carbocycles. The minimum absolute atomic E-state index is 0.701. The van der Waals surface area contributed by atoms with E-state index in [4.69, 9.17) is 9.72 Å². The van der Waals surface area contributed by atoms with Crippen molar-refractivity contribution in [3.63, 3.8) is 0 Å². The zero-order valence-electron chi connectivity index (χ0n) is 14.3. The summed E-state index contributed by atoms with van der Waals surface area (Å²) in [4.78, 5) is 13.7. The van der Waals surface area contributed by atoms with E-state index >= 15 is 0 Å². The van der Waals surface area contributed by atoms with Gasteiger partial charge in [-0.1, -0.05) is 12.1 Å². The summed E-state index contributed by atoms with van der Waals surface area (Å²) in [5.41, 5.74) is 5.10. The number of nitrogens with zero attached hydrogens (tertiary/aromatic N) is 2. The van der Waals surface area contributed by atoms with Crippen molar-refractivity contribution in [2.75, 3.05) is 12.4 Å². The highest BCUT2D eigenvalue weighted by Gasteiger charge is 2.12. The molecule has 0 fully saturated rings. The average molecular weight is 350 g/mol. The predicted molar refractivity (Wildman–Crippen MR) is 103 cm³/mol. The van der Waals surface area contributed by atoms with E-state index in [0.717, 1.165) is 43.6 Å². The van der Waals surface area contributed by atoms with E-state index in [2.05, 4.69) is 28.3 Å². The summed E-state index contributed by atoms with van der Waals surface area (Å²) >= 11 is 1.62. The van der Waals surface area contributed by atoms with E-state index in [9.17, 15) is 0 Å². The lowest BCUT2D eigenvalue weighted by Crippen LogP contribution is -1.92. The van der Waals surface area contributed by atoms with E-state index in [0.29, 0.717) is 5.95 Å². The van der Waals surface area contributed by atoms with Crippen LogP contribution < -0.4 is 10.1 Å². The lowest BCUT2D eigenvalue weighted by atomic mass is 10.1. The van der Waals surface area contributed by atoms with E-state index in [1.807, 2.05) is 43.3 Å². The van der Waals surface area contributed by atoms with Crippen LogP contribution in [-0.2, 0) is 0 Å². The molecule has 4 rings (SSSR count). The molecule has 0 unspecified atom stereocenters. The van der Waals surface area contributed by atoms with Crippen molar-refractivity contribution in [2.45, 2.75) is 13.8 Å². The van der Waals surface area contributed by atoms with E-state index < -0.39 is 0 Å². The largest absolute Gasteiger partial charge is 0.496 e. The summed E-state index contributed by atoms with van der Waals surface area (Å²) in [6.45, 7) is 4.12. The maximum Gasteiger partial charge on any atom is 0.207 e. The number of aromatic nitrogens is 3. The summed E-state index contributed by atoms with van der Waals surface area (Å²) in [5.74, 6) is 1.59. The molecule has 6 heteroatoms. The average Bonchev–Trinajstić information content (AvgIpc) is 3.17. The number of hydrogen-bond acceptors (Lipinski definition) is 5. The molecular formula is C19H18N4OS. The van der Waals surface area contributed by atoms with Gasteiger partial charge in [0.15, 0.2) is 5.13 Å². The number of ether oxygens (including phenoxy) is 1. The number of imidazole rings is 1. The molecule has 25 heavy (non-hydrogen) atoms. The second kappa shape index (κ2) is 6.22. The van der Waals surface area contributed by atoms with Crippen LogP contribution in [0.5, 0.6) is 5.75 Å². The van der Waals surface area contributed by atoms with Crippen molar-refractivity contribution >= 4 is 33.5 Å². The number of rotatable bonds is 4. The third kappa shape index (κ3) is 2.96. The number of methoxy groups -OCH3 is 1. The zero-order valence-corrected chi connectivity index (χ0v) is 15.1. The summed E-state index contributed by atoms with van der Waals surface area (Å²) in [6, 6.07) is 14.1. The van der Waals surface area contributed by atoms with Crippen molar-refractivity contribution in [1.29, 1.82) is 0 Å². The SMILES string of the molecule is COc1ccc(-c2nc(Nc3nc4ccccc4[nH]3)sc2C)cc1C. The second-order valence-corrected chi connectivity index (χ2v) is 7.04. The molecule has 2 aromatic heterocycles. The Morgan fingerprint density at radius 3 is 2.68 bits per heavy atom. The number of aryl methyl sites for hydroxylation is 2. The van der Waals surface area contributed by atoms with E-state index in [1.54, 1.807) is 18.4 Å². The van der Waals surface area contributed by atoms with Gasteiger partial charge in [-0.05, 0) is 49.7 Å². The molecule has 0 spiro atoms. The summed E-state index contributed by atoms with van der Waals surface area (Å²) in [5, 5.41) is 4.10. The Balaban J connectivity index is 1.64. The van der Waals surface area contributed by atoms with Crippen molar-refractivity contribution in [3.8, 4) is 17.0 Å². The van der Waals surface area contributed by atoms with Gasteiger partial charge in [0, 0.05) is 10.4 Å². The Hall–Kier alpha value is -2.86. The highest BCUT2D eigenvalue weighted by molar-refractivity contribution is 7.16. The van der Waals surface area contributed by atoms with Crippen LogP contribution in [0, 0.1) is 13.8 Å². The normalized spacial score (nSPS) is 11.0. The topological polar surface area (TPSA) is 62.8 Å². The van der Waals surface area contributed by atoms with Crippen LogP contribution in [0.1, 0.15) is 10.4 Å². The zero-order chi connectivity index (χ0) is 17.4.